The number of hydrogen-bond donors (Lipinski definition) is 1. The Balaban J connectivity index is 2.79. The average molecular weight is 181 g/mol. The van der Waals surface area contributed by atoms with Crippen LogP contribution in [-0.4, -0.2) is 36.0 Å². The van der Waals surface area contributed by atoms with Crippen molar-refractivity contribution >= 4 is 5.91 Å². The molecule has 13 heavy (non-hydrogen) atoms. The summed E-state index contributed by atoms with van der Waals surface area (Å²) in [4.78, 5) is 13.3. The third-order valence-electron chi connectivity index (χ3n) is 2.70. The van der Waals surface area contributed by atoms with E-state index in [1.165, 1.54) is 0 Å². The highest BCUT2D eigenvalue weighted by atomic mass is 16.2. The van der Waals surface area contributed by atoms with Gasteiger partial charge in [0.15, 0.2) is 0 Å². The molecule has 4 heteroatoms. The lowest BCUT2D eigenvalue weighted by Crippen LogP contribution is -2.63. The zero-order chi connectivity index (χ0) is 10.1. The summed E-state index contributed by atoms with van der Waals surface area (Å²) in [5.74, 6) is -0.0385. The molecule has 1 amide bonds. The van der Waals surface area contributed by atoms with Crippen molar-refractivity contribution < 1.29 is 4.79 Å². The maximum absolute atomic E-state index is 11.4. The summed E-state index contributed by atoms with van der Waals surface area (Å²) < 4.78 is 0. The van der Waals surface area contributed by atoms with E-state index >= 15 is 0 Å². The number of rotatable bonds is 1. The molecule has 1 unspecified atom stereocenters. The molecule has 0 aromatic rings. The molecule has 0 radical (unpaired) electrons. The highest BCUT2D eigenvalue weighted by Gasteiger charge is 2.38. The maximum atomic E-state index is 11.4. The van der Waals surface area contributed by atoms with Gasteiger partial charge in [-0.15, -0.1) is 0 Å². The van der Waals surface area contributed by atoms with E-state index in [1.807, 2.05) is 18.0 Å². The second-order valence-electron chi connectivity index (χ2n) is 4.02. The molecule has 1 fully saturated rings. The zero-order valence-corrected chi connectivity index (χ0v) is 8.29. The van der Waals surface area contributed by atoms with Gasteiger partial charge in [0.05, 0.1) is 12.5 Å². The SMILES string of the molecule is CN1C(CC#N)C(=O)NCC1(C)C. The molecule has 0 saturated carbocycles. The minimum absolute atomic E-state index is 0.0385. The van der Waals surface area contributed by atoms with Gasteiger partial charge in [0, 0.05) is 12.1 Å². The van der Waals surface area contributed by atoms with Gasteiger partial charge in [-0.25, -0.2) is 0 Å². The number of amides is 1. The number of nitrogens with zero attached hydrogens (tertiary/aromatic N) is 2. The Kier molecular flexibility index (Phi) is 2.58. The van der Waals surface area contributed by atoms with Crippen molar-refractivity contribution in [2.45, 2.75) is 31.8 Å². The Hall–Kier alpha value is -1.08. The normalized spacial score (nSPS) is 27.8. The molecule has 0 aromatic heterocycles. The van der Waals surface area contributed by atoms with Gasteiger partial charge in [-0.1, -0.05) is 0 Å². The fraction of sp³-hybridized carbons (Fsp3) is 0.778. The smallest absolute Gasteiger partial charge is 0.238 e. The molecule has 0 bridgehead atoms. The van der Waals surface area contributed by atoms with Gasteiger partial charge in [-0.2, -0.15) is 5.26 Å². The number of nitrogens with one attached hydrogen (secondary N) is 1. The fourth-order valence-corrected chi connectivity index (χ4v) is 1.46. The summed E-state index contributed by atoms with van der Waals surface area (Å²) in [6.45, 7) is 4.75. The third-order valence-corrected chi connectivity index (χ3v) is 2.70. The van der Waals surface area contributed by atoms with Crippen molar-refractivity contribution in [3.63, 3.8) is 0 Å². The van der Waals surface area contributed by atoms with E-state index in [4.69, 9.17) is 5.26 Å². The van der Waals surface area contributed by atoms with Gasteiger partial charge in [0.1, 0.15) is 6.04 Å². The molecule has 1 rings (SSSR count). The van der Waals surface area contributed by atoms with Crippen LogP contribution < -0.4 is 5.32 Å². The number of piperazine rings is 1. The van der Waals surface area contributed by atoms with Crippen molar-refractivity contribution in [2.75, 3.05) is 13.6 Å². The molecule has 1 aliphatic heterocycles. The van der Waals surface area contributed by atoms with Crippen LogP contribution in [0.3, 0.4) is 0 Å². The number of carbonyl (C=O) groups excluding carboxylic acids is 1. The number of carbonyl (C=O) groups is 1. The summed E-state index contributed by atoms with van der Waals surface area (Å²) in [6.07, 6.45) is 0.256. The van der Waals surface area contributed by atoms with Gasteiger partial charge in [0.2, 0.25) is 5.91 Å². The van der Waals surface area contributed by atoms with E-state index in [2.05, 4.69) is 19.2 Å². The van der Waals surface area contributed by atoms with Gasteiger partial charge < -0.3 is 5.32 Å². The summed E-state index contributed by atoms with van der Waals surface area (Å²) in [5, 5.41) is 11.4. The summed E-state index contributed by atoms with van der Waals surface area (Å²) in [5.41, 5.74) is -0.0601. The van der Waals surface area contributed by atoms with Crippen LogP contribution in [0.25, 0.3) is 0 Å². The Morgan fingerprint density at radius 2 is 2.38 bits per heavy atom. The maximum Gasteiger partial charge on any atom is 0.238 e. The molecule has 4 nitrogen and oxygen atoms in total. The first-order valence-corrected chi connectivity index (χ1v) is 4.36. The van der Waals surface area contributed by atoms with Crippen LogP contribution in [0.15, 0.2) is 0 Å². The molecule has 72 valence electrons. The first-order valence-electron chi connectivity index (χ1n) is 4.36. The molecule has 1 atom stereocenters. The minimum Gasteiger partial charge on any atom is -0.353 e. The first kappa shape index (κ1) is 10.0. The van der Waals surface area contributed by atoms with E-state index in [0.717, 1.165) is 0 Å². The van der Waals surface area contributed by atoms with E-state index < -0.39 is 0 Å². The quantitative estimate of drug-likeness (QED) is 0.624. The number of hydrogen-bond acceptors (Lipinski definition) is 3. The van der Waals surface area contributed by atoms with Crippen LogP contribution in [0.5, 0.6) is 0 Å². The van der Waals surface area contributed by atoms with E-state index in [0.29, 0.717) is 6.54 Å². The van der Waals surface area contributed by atoms with Crippen LogP contribution in [0.1, 0.15) is 20.3 Å². The predicted octanol–water partition coefficient (Wildman–Crippen LogP) is 0.109. The lowest BCUT2D eigenvalue weighted by atomic mass is 9.96. The Morgan fingerprint density at radius 3 is 2.92 bits per heavy atom. The first-order chi connectivity index (χ1) is 5.99. The molecule has 0 aliphatic carbocycles. The number of likely N-dealkylation sites (N-methyl/N-ethyl adjacent to an activating group) is 1. The molecule has 0 aromatic carbocycles. The molecule has 1 aliphatic rings. The summed E-state index contributed by atoms with van der Waals surface area (Å²) >= 11 is 0. The Morgan fingerprint density at radius 1 is 1.77 bits per heavy atom. The molecule has 1 saturated heterocycles. The van der Waals surface area contributed by atoms with Crippen LogP contribution in [0.2, 0.25) is 0 Å². The van der Waals surface area contributed by atoms with Crippen LogP contribution >= 0.6 is 0 Å². The minimum atomic E-state index is -0.297. The van der Waals surface area contributed by atoms with Gasteiger partial charge >= 0.3 is 0 Å². The monoisotopic (exact) mass is 181 g/mol. The lowest BCUT2D eigenvalue weighted by Gasteiger charge is -2.44. The Bertz CT molecular complexity index is 254. The van der Waals surface area contributed by atoms with E-state index in [9.17, 15) is 4.79 Å². The molecular weight excluding hydrogens is 166 g/mol. The largest absolute Gasteiger partial charge is 0.353 e. The van der Waals surface area contributed by atoms with E-state index in [-0.39, 0.29) is 23.9 Å². The average Bonchev–Trinajstić information content (AvgIpc) is 2.07. The van der Waals surface area contributed by atoms with Crippen molar-refractivity contribution in [3.8, 4) is 6.07 Å². The molecule has 1 heterocycles. The topological polar surface area (TPSA) is 56.1 Å². The predicted molar refractivity (Wildman–Crippen MR) is 48.9 cm³/mol. The number of nitriles is 1. The summed E-state index contributed by atoms with van der Waals surface area (Å²) in [7, 11) is 1.89. The van der Waals surface area contributed by atoms with Crippen LogP contribution in [0.4, 0.5) is 0 Å². The van der Waals surface area contributed by atoms with Gasteiger partial charge in [-0.05, 0) is 20.9 Å². The second kappa shape index (κ2) is 3.35. The van der Waals surface area contributed by atoms with Crippen molar-refractivity contribution in [3.05, 3.63) is 0 Å². The second-order valence-corrected chi connectivity index (χ2v) is 4.02. The zero-order valence-electron chi connectivity index (χ0n) is 8.29. The Labute approximate surface area is 78.5 Å². The van der Waals surface area contributed by atoms with Crippen molar-refractivity contribution in [2.24, 2.45) is 0 Å². The van der Waals surface area contributed by atoms with Gasteiger partial charge in [0.25, 0.3) is 0 Å². The molecular formula is C9H15N3O. The molecule has 1 N–H and O–H groups in total. The van der Waals surface area contributed by atoms with Crippen LogP contribution in [0, 0.1) is 11.3 Å². The fourth-order valence-electron chi connectivity index (χ4n) is 1.46. The van der Waals surface area contributed by atoms with Crippen molar-refractivity contribution in [1.82, 2.24) is 10.2 Å². The third kappa shape index (κ3) is 1.81. The highest BCUT2D eigenvalue weighted by Crippen LogP contribution is 2.20. The molecule has 0 spiro atoms. The van der Waals surface area contributed by atoms with Crippen molar-refractivity contribution in [1.29, 1.82) is 5.26 Å². The highest BCUT2D eigenvalue weighted by molar-refractivity contribution is 5.83. The van der Waals surface area contributed by atoms with Gasteiger partial charge in [-0.3, -0.25) is 9.69 Å². The van der Waals surface area contributed by atoms with E-state index in [1.54, 1.807) is 0 Å². The van der Waals surface area contributed by atoms with Crippen LogP contribution in [-0.2, 0) is 4.79 Å². The standard InChI is InChI=1S/C9H15N3O/c1-9(2)6-11-8(13)7(4-5-10)12(9)3/h7H,4,6H2,1-3H3,(H,11,13). The lowest BCUT2D eigenvalue weighted by molar-refractivity contribution is -0.132. The summed E-state index contributed by atoms with van der Waals surface area (Å²) in [6, 6.07) is 1.74.